The predicted octanol–water partition coefficient (Wildman–Crippen LogP) is 3.33. The summed E-state index contributed by atoms with van der Waals surface area (Å²) in [7, 11) is 0. The highest BCUT2D eigenvalue weighted by Crippen LogP contribution is 2.28. The number of thiophene rings is 1. The lowest BCUT2D eigenvalue weighted by Gasteiger charge is -2.37. The topological polar surface area (TPSA) is 77.0 Å². The summed E-state index contributed by atoms with van der Waals surface area (Å²) in [6.07, 6.45) is 1.81. The van der Waals surface area contributed by atoms with Gasteiger partial charge < -0.3 is 10.6 Å². The summed E-state index contributed by atoms with van der Waals surface area (Å²) in [5.41, 5.74) is 6.44. The Morgan fingerprint density at radius 1 is 1.36 bits per heavy atom. The van der Waals surface area contributed by atoms with Crippen LogP contribution in [-0.2, 0) is 0 Å². The summed E-state index contributed by atoms with van der Waals surface area (Å²) >= 11 is 1.49. The Bertz CT molecular complexity index is 971. The summed E-state index contributed by atoms with van der Waals surface area (Å²) < 4.78 is 15.3. The van der Waals surface area contributed by atoms with Gasteiger partial charge in [0.15, 0.2) is 5.82 Å². The van der Waals surface area contributed by atoms with Gasteiger partial charge in [0.2, 0.25) is 5.82 Å². The number of carbonyl (C=O) groups is 1. The lowest BCUT2D eigenvalue weighted by molar-refractivity contribution is 0.0561. The van der Waals surface area contributed by atoms with Crippen LogP contribution in [0.2, 0.25) is 0 Å². The third-order valence-corrected chi connectivity index (χ3v) is 5.97. The molecule has 2 unspecified atom stereocenters. The number of piperidine rings is 1. The third kappa shape index (κ3) is 3.57. The quantitative estimate of drug-likeness (QED) is 0.730. The number of nitrogens with two attached hydrogens (primary N) is 1. The molecule has 1 aliphatic heterocycles. The SMILES string of the molecule is CC1CCN(C(=O)c2nc(-c3cccs3)n(-c3cccc(F)c3)n2)C(CN)C1. The number of benzene rings is 1. The minimum absolute atomic E-state index is 0.0115. The zero-order chi connectivity index (χ0) is 19.7. The first kappa shape index (κ1) is 18.8. The molecule has 3 heterocycles. The minimum atomic E-state index is -0.369. The van der Waals surface area contributed by atoms with Crippen LogP contribution in [0.4, 0.5) is 4.39 Å². The van der Waals surface area contributed by atoms with E-state index in [1.165, 1.54) is 28.2 Å². The molecule has 2 aromatic heterocycles. The summed E-state index contributed by atoms with van der Waals surface area (Å²) in [4.78, 5) is 20.3. The number of carbonyl (C=O) groups excluding carboxylic acids is 1. The smallest absolute Gasteiger partial charge is 0.293 e. The summed E-state index contributed by atoms with van der Waals surface area (Å²) in [5.74, 6) is 0.581. The number of amides is 1. The van der Waals surface area contributed by atoms with E-state index in [0.717, 1.165) is 17.7 Å². The molecule has 0 aliphatic carbocycles. The van der Waals surface area contributed by atoms with Gasteiger partial charge in [-0.25, -0.2) is 14.1 Å². The first-order valence-electron chi connectivity index (χ1n) is 9.34. The molecule has 28 heavy (non-hydrogen) atoms. The van der Waals surface area contributed by atoms with Crippen molar-refractivity contribution in [2.45, 2.75) is 25.8 Å². The van der Waals surface area contributed by atoms with Crippen LogP contribution >= 0.6 is 11.3 Å². The molecular weight excluding hydrogens is 377 g/mol. The van der Waals surface area contributed by atoms with Crippen LogP contribution in [0.3, 0.4) is 0 Å². The van der Waals surface area contributed by atoms with Gasteiger partial charge in [-0.05, 0) is 48.4 Å². The number of likely N-dealkylation sites (tertiary alicyclic amines) is 1. The van der Waals surface area contributed by atoms with Crippen molar-refractivity contribution < 1.29 is 9.18 Å². The number of rotatable bonds is 4. The molecule has 0 bridgehead atoms. The molecule has 1 aromatic carbocycles. The van der Waals surface area contributed by atoms with Crippen molar-refractivity contribution in [3.05, 3.63) is 53.4 Å². The highest BCUT2D eigenvalue weighted by Gasteiger charge is 2.32. The molecule has 2 N–H and O–H groups in total. The molecule has 146 valence electrons. The van der Waals surface area contributed by atoms with Crippen molar-refractivity contribution in [3.8, 4) is 16.4 Å². The Balaban J connectivity index is 1.74. The van der Waals surface area contributed by atoms with Crippen molar-refractivity contribution in [1.82, 2.24) is 19.7 Å². The van der Waals surface area contributed by atoms with Gasteiger partial charge in [-0.15, -0.1) is 16.4 Å². The Morgan fingerprint density at radius 2 is 2.21 bits per heavy atom. The van der Waals surface area contributed by atoms with E-state index in [9.17, 15) is 9.18 Å². The molecule has 1 saturated heterocycles. The maximum atomic E-state index is 13.8. The molecule has 0 radical (unpaired) electrons. The number of hydrogen-bond donors (Lipinski definition) is 1. The molecule has 1 aliphatic rings. The van der Waals surface area contributed by atoms with Gasteiger partial charge in [0.1, 0.15) is 5.82 Å². The molecule has 8 heteroatoms. The van der Waals surface area contributed by atoms with E-state index >= 15 is 0 Å². The Hall–Kier alpha value is -2.58. The van der Waals surface area contributed by atoms with Crippen LogP contribution in [-0.4, -0.2) is 44.7 Å². The van der Waals surface area contributed by atoms with Gasteiger partial charge in [-0.2, -0.15) is 0 Å². The van der Waals surface area contributed by atoms with E-state index in [2.05, 4.69) is 17.0 Å². The molecule has 2 atom stereocenters. The Labute approximate surface area is 166 Å². The zero-order valence-electron chi connectivity index (χ0n) is 15.6. The van der Waals surface area contributed by atoms with Crippen LogP contribution < -0.4 is 5.73 Å². The average Bonchev–Trinajstić information content (AvgIpc) is 3.37. The molecule has 4 rings (SSSR count). The molecule has 6 nitrogen and oxygen atoms in total. The number of halogens is 1. The second-order valence-corrected chi connectivity index (χ2v) is 8.09. The maximum absolute atomic E-state index is 13.8. The van der Waals surface area contributed by atoms with E-state index in [4.69, 9.17) is 5.73 Å². The molecule has 0 spiro atoms. The third-order valence-electron chi connectivity index (χ3n) is 5.10. The van der Waals surface area contributed by atoms with E-state index in [0.29, 0.717) is 30.5 Å². The van der Waals surface area contributed by atoms with Crippen molar-refractivity contribution in [2.24, 2.45) is 11.7 Å². The van der Waals surface area contributed by atoms with Gasteiger partial charge in [0.25, 0.3) is 5.91 Å². The second kappa shape index (κ2) is 7.81. The van der Waals surface area contributed by atoms with Crippen molar-refractivity contribution in [3.63, 3.8) is 0 Å². The van der Waals surface area contributed by atoms with Crippen molar-refractivity contribution in [1.29, 1.82) is 0 Å². The highest BCUT2D eigenvalue weighted by atomic mass is 32.1. The fraction of sp³-hybridized carbons (Fsp3) is 0.350. The van der Waals surface area contributed by atoms with Crippen LogP contribution in [0.25, 0.3) is 16.4 Å². The number of hydrogen-bond acceptors (Lipinski definition) is 5. The van der Waals surface area contributed by atoms with Crippen molar-refractivity contribution >= 4 is 17.2 Å². The average molecular weight is 399 g/mol. The van der Waals surface area contributed by atoms with Gasteiger partial charge in [0, 0.05) is 19.1 Å². The molecule has 3 aromatic rings. The first-order valence-corrected chi connectivity index (χ1v) is 10.2. The summed E-state index contributed by atoms with van der Waals surface area (Å²) in [6.45, 7) is 3.24. The monoisotopic (exact) mass is 399 g/mol. The van der Waals surface area contributed by atoms with E-state index < -0.39 is 0 Å². The fourth-order valence-electron chi connectivity index (χ4n) is 3.63. The second-order valence-electron chi connectivity index (χ2n) is 7.15. The lowest BCUT2D eigenvalue weighted by atomic mass is 9.92. The predicted molar refractivity (Wildman–Crippen MR) is 107 cm³/mol. The van der Waals surface area contributed by atoms with Crippen LogP contribution in [0.5, 0.6) is 0 Å². The minimum Gasteiger partial charge on any atom is -0.332 e. The highest BCUT2D eigenvalue weighted by molar-refractivity contribution is 7.13. The van der Waals surface area contributed by atoms with Crippen molar-refractivity contribution in [2.75, 3.05) is 13.1 Å². The van der Waals surface area contributed by atoms with Gasteiger partial charge in [0.05, 0.1) is 10.6 Å². The van der Waals surface area contributed by atoms with Gasteiger partial charge in [-0.1, -0.05) is 19.1 Å². The first-order chi connectivity index (χ1) is 13.6. The summed E-state index contributed by atoms with van der Waals surface area (Å²) in [5, 5.41) is 6.38. The lowest BCUT2D eigenvalue weighted by Crippen LogP contribution is -2.49. The zero-order valence-corrected chi connectivity index (χ0v) is 16.4. The molecular formula is C20H22FN5OS. The van der Waals surface area contributed by atoms with Crippen LogP contribution in [0.15, 0.2) is 41.8 Å². The maximum Gasteiger partial charge on any atom is 0.293 e. The largest absolute Gasteiger partial charge is 0.332 e. The fourth-order valence-corrected chi connectivity index (χ4v) is 4.33. The van der Waals surface area contributed by atoms with Crippen LogP contribution in [0.1, 0.15) is 30.4 Å². The molecule has 1 fully saturated rings. The van der Waals surface area contributed by atoms with E-state index in [-0.39, 0.29) is 23.6 Å². The Morgan fingerprint density at radius 3 is 2.93 bits per heavy atom. The standard InChI is InChI=1S/C20H22FN5OS/c1-13-7-8-25(16(10-13)12-22)20(27)18-23-19(17-6-3-9-28-17)26(24-18)15-5-2-4-14(21)11-15/h2-6,9,11,13,16H,7-8,10,12,22H2,1H3. The normalized spacial score (nSPS) is 19.8. The molecule has 1 amide bonds. The van der Waals surface area contributed by atoms with E-state index in [1.807, 2.05) is 17.5 Å². The number of aromatic nitrogens is 3. The Kier molecular flexibility index (Phi) is 5.23. The van der Waals surface area contributed by atoms with Gasteiger partial charge >= 0.3 is 0 Å². The van der Waals surface area contributed by atoms with E-state index in [1.54, 1.807) is 17.0 Å². The van der Waals surface area contributed by atoms with Crippen LogP contribution in [0, 0.1) is 11.7 Å². The number of nitrogens with zero attached hydrogens (tertiary/aromatic N) is 4. The molecule has 0 saturated carbocycles. The summed E-state index contributed by atoms with van der Waals surface area (Å²) in [6, 6.07) is 9.91. The van der Waals surface area contributed by atoms with Gasteiger partial charge in [-0.3, -0.25) is 4.79 Å².